The summed E-state index contributed by atoms with van der Waals surface area (Å²) in [4.78, 5) is 16.9. The van der Waals surface area contributed by atoms with Gasteiger partial charge in [-0.15, -0.1) is 5.10 Å². The van der Waals surface area contributed by atoms with Gasteiger partial charge >= 0.3 is 6.01 Å². The van der Waals surface area contributed by atoms with E-state index in [0.29, 0.717) is 21.7 Å². The number of aromatic nitrogens is 5. The first-order valence-corrected chi connectivity index (χ1v) is 7.87. The van der Waals surface area contributed by atoms with Crippen molar-refractivity contribution in [2.45, 2.75) is 6.92 Å². The standard InChI is InChI=1S/C15H12N6O2S/c1-8-13(24-20-19-8)14(22)18-15-17-11-5-9(3-4-12(11)23-15)10-6-16-21(2)7-10/h3-7H,1-2H3,(H,17,18,22). The molecule has 120 valence electrons. The minimum absolute atomic E-state index is 0.145. The van der Waals surface area contributed by atoms with Gasteiger partial charge in [0.15, 0.2) is 5.58 Å². The zero-order valence-electron chi connectivity index (χ0n) is 12.8. The first-order chi connectivity index (χ1) is 11.6. The first-order valence-electron chi connectivity index (χ1n) is 7.10. The maximum atomic E-state index is 12.2. The Kier molecular flexibility index (Phi) is 3.35. The van der Waals surface area contributed by atoms with Gasteiger partial charge < -0.3 is 4.42 Å². The number of carbonyl (C=O) groups is 1. The van der Waals surface area contributed by atoms with Crippen molar-refractivity contribution >= 4 is 34.6 Å². The van der Waals surface area contributed by atoms with Gasteiger partial charge in [-0.3, -0.25) is 14.8 Å². The third kappa shape index (κ3) is 2.54. The number of benzene rings is 1. The zero-order valence-corrected chi connectivity index (χ0v) is 13.7. The molecule has 3 heterocycles. The SMILES string of the molecule is Cc1nnsc1C(=O)Nc1nc2cc(-c3cnn(C)c3)ccc2o1. The molecule has 1 amide bonds. The molecule has 8 nitrogen and oxygen atoms in total. The molecule has 0 spiro atoms. The Morgan fingerprint density at radius 2 is 2.21 bits per heavy atom. The van der Waals surface area contributed by atoms with Crippen LogP contribution in [0.2, 0.25) is 0 Å². The van der Waals surface area contributed by atoms with Crippen LogP contribution >= 0.6 is 11.5 Å². The van der Waals surface area contributed by atoms with Gasteiger partial charge in [-0.1, -0.05) is 10.6 Å². The second kappa shape index (κ2) is 5.53. The van der Waals surface area contributed by atoms with E-state index in [1.807, 2.05) is 31.4 Å². The van der Waals surface area contributed by atoms with E-state index >= 15 is 0 Å². The smallest absolute Gasteiger partial charge is 0.302 e. The molecule has 4 aromatic rings. The average molecular weight is 340 g/mol. The van der Waals surface area contributed by atoms with Gasteiger partial charge in [0, 0.05) is 18.8 Å². The summed E-state index contributed by atoms with van der Waals surface area (Å²) in [5.74, 6) is -0.332. The number of hydrogen-bond donors (Lipinski definition) is 1. The van der Waals surface area contributed by atoms with E-state index in [2.05, 4.69) is 25.0 Å². The number of anilines is 1. The third-order valence-corrected chi connectivity index (χ3v) is 4.33. The minimum atomic E-state index is -0.332. The van der Waals surface area contributed by atoms with Crippen LogP contribution in [0.5, 0.6) is 0 Å². The van der Waals surface area contributed by atoms with Crippen molar-refractivity contribution in [2.75, 3.05) is 5.32 Å². The van der Waals surface area contributed by atoms with Crippen LogP contribution in [-0.4, -0.2) is 30.3 Å². The molecule has 1 N–H and O–H groups in total. The van der Waals surface area contributed by atoms with E-state index in [4.69, 9.17) is 4.42 Å². The molecule has 9 heteroatoms. The highest BCUT2D eigenvalue weighted by Crippen LogP contribution is 2.26. The molecule has 0 saturated carbocycles. The Morgan fingerprint density at radius 3 is 2.92 bits per heavy atom. The molecule has 1 aromatic carbocycles. The van der Waals surface area contributed by atoms with Crippen molar-refractivity contribution in [3.05, 3.63) is 41.2 Å². The van der Waals surface area contributed by atoms with Gasteiger partial charge in [-0.05, 0) is 36.2 Å². The Labute approximate surface area is 140 Å². The number of rotatable bonds is 3. The lowest BCUT2D eigenvalue weighted by molar-refractivity contribution is 0.102. The van der Waals surface area contributed by atoms with Crippen LogP contribution < -0.4 is 5.32 Å². The van der Waals surface area contributed by atoms with Crippen LogP contribution in [0.4, 0.5) is 6.01 Å². The molecule has 0 saturated heterocycles. The quantitative estimate of drug-likeness (QED) is 0.615. The number of carbonyl (C=O) groups excluding carboxylic acids is 1. The maximum Gasteiger partial charge on any atom is 0.302 e. The molecule has 0 aliphatic carbocycles. The lowest BCUT2D eigenvalue weighted by atomic mass is 10.1. The molecule has 0 bridgehead atoms. The fourth-order valence-corrected chi connectivity index (χ4v) is 2.88. The Hall–Kier alpha value is -3.07. The summed E-state index contributed by atoms with van der Waals surface area (Å²) in [6.45, 7) is 1.73. The third-order valence-electron chi connectivity index (χ3n) is 3.50. The van der Waals surface area contributed by atoms with Crippen molar-refractivity contribution in [1.29, 1.82) is 0 Å². The normalized spacial score (nSPS) is 11.1. The van der Waals surface area contributed by atoms with Crippen molar-refractivity contribution < 1.29 is 9.21 Å². The van der Waals surface area contributed by atoms with Crippen LogP contribution in [-0.2, 0) is 7.05 Å². The predicted molar refractivity (Wildman–Crippen MR) is 88.8 cm³/mol. The molecule has 4 rings (SSSR count). The van der Waals surface area contributed by atoms with Crippen molar-refractivity contribution in [2.24, 2.45) is 7.05 Å². The zero-order chi connectivity index (χ0) is 16.7. The van der Waals surface area contributed by atoms with E-state index in [-0.39, 0.29) is 11.9 Å². The highest BCUT2D eigenvalue weighted by molar-refractivity contribution is 7.08. The second-order valence-electron chi connectivity index (χ2n) is 5.25. The van der Waals surface area contributed by atoms with Crippen LogP contribution in [0, 0.1) is 6.92 Å². The van der Waals surface area contributed by atoms with Gasteiger partial charge in [0.25, 0.3) is 5.91 Å². The van der Waals surface area contributed by atoms with E-state index in [1.165, 1.54) is 0 Å². The van der Waals surface area contributed by atoms with Gasteiger partial charge in [-0.25, -0.2) is 0 Å². The Balaban J connectivity index is 1.64. The van der Waals surface area contributed by atoms with Gasteiger partial charge in [-0.2, -0.15) is 10.1 Å². The number of hydrogen-bond acceptors (Lipinski definition) is 7. The van der Waals surface area contributed by atoms with Crippen molar-refractivity contribution in [3.63, 3.8) is 0 Å². The fourth-order valence-electron chi connectivity index (χ4n) is 2.32. The molecule has 0 aliphatic rings. The van der Waals surface area contributed by atoms with E-state index in [0.717, 1.165) is 22.7 Å². The summed E-state index contributed by atoms with van der Waals surface area (Å²) >= 11 is 1.03. The fraction of sp³-hybridized carbons (Fsp3) is 0.133. The van der Waals surface area contributed by atoms with Crippen LogP contribution in [0.1, 0.15) is 15.4 Å². The number of nitrogens with zero attached hydrogens (tertiary/aromatic N) is 5. The summed E-state index contributed by atoms with van der Waals surface area (Å²) in [6, 6.07) is 5.78. The maximum absolute atomic E-state index is 12.2. The van der Waals surface area contributed by atoms with Gasteiger partial charge in [0.1, 0.15) is 10.4 Å². The molecule has 3 aromatic heterocycles. The number of oxazole rings is 1. The largest absolute Gasteiger partial charge is 0.423 e. The highest BCUT2D eigenvalue weighted by Gasteiger charge is 2.16. The number of aryl methyl sites for hydroxylation is 2. The summed E-state index contributed by atoms with van der Waals surface area (Å²) in [7, 11) is 1.86. The summed E-state index contributed by atoms with van der Waals surface area (Å²) in [5.41, 5.74) is 3.79. The lowest BCUT2D eigenvalue weighted by Gasteiger charge is -1.96. The number of amides is 1. The first kappa shape index (κ1) is 14.5. The average Bonchev–Trinajstić information content (AvgIpc) is 3.25. The molecule has 24 heavy (non-hydrogen) atoms. The predicted octanol–water partition coefficient (Wildman–Crippen LogP) is 2.64. The Morgan fingerprint density at radius 1 is 1.33 bits per heavy atom. The van der Waals surface area contributed by atoms with Crippen LogP contribution in [0.3, 0.4) is 0 Å². The minimum Gasteiger partial charge on any atom is -0.423 e. The molecule has 0 radical (unpaired) electrons. The molecule has 0 fully saturated rings. The molecule has 0 aliphatic heterocycles. The lowest BCUT2D eigenvalue weighted by Crippen LogP contribution is -2.11. The topological polar surface area (TPSA) is 98.7 Å². The summed E-state index contributed by atoms with van der Waals surface area (Å²) < 4.78 is 11.1. The van der Waals surface area contributed by atoms with E-state index in [1.54, 1.807) is 17.8 Å². The highest BCUT2D eigenvalue weighted by atomic mass is 32.1. The van der Waals surface area contributed by atoms with Crippen molar-refractivity contribution in [1.82, 2.24) is 24.4 Å². The van der Waals surface area contributed by atoms with E-state index < -0.39 is 0 Å². The number of fused-ring (bicyclic) bond motifs is 1. The van der Waals surface area contributed by atoms with Crippen molar-refractivity contribution in [3.8, 4) is 11.1 Å². The number of nitrogens with one attached hydrogen (secondary N) is 1. The van der Waals surface area contributed by atoms with Gasteiger partial charge in [0.05, 0.1) is 11.9 Å². The van der Waals surface area contributed by atoms with E-state index in [9.17, 15) is 4.79 Å². The van der Waals surface area contributed by atoms with Crippen LogP contribution in [0.25, 0.3) is 22.2 Å². The molecule has 0 atom stereocenters. The second-order valence-corrected chi connectivity index (χ2v) is 6.00. The molecular formula is C15H12N6O2S. The molecular weight excluding hydrogens is 328 g/mol. The summed E-state index contributed by atoms with van der Waals surface area (Å²) in [6.07, 6.45) is 3.70. The monoisotopic (exact) mass is 340 g/mol. The van der Waals surface area contributed by atoms with Crippen LogP contribution in [0.15, 0.2) is 35.0 Å². The van der Waals surface area contributed by atoms with Gasteiger partial charge in [0.2, 0.25) is 0 Å². The Bertz CT molecular complexity index is 1050. The molecule has 0 unspecified atom stereocenters. The summed E-state index contributed by atoms with van der Waals surface area (Å²) in [5, 5.41) is 10.6.